The summed E-state index contributed by atoms with van der Waals surface area (Å²) in [6, 6.07) is 14.5. The molecule has 0 saturated carbocycles. The van der Waals surface area contributed by atoms with Crippen molar-refractivity contribution in [1.82, 2.24) is 9.88 Å². The van der Waals surface area contributed by atoms with Gasteiger partial charge in [0.05, 0.1) is 16.7 Å². The number of primary amides is 1. The van der Waals surface area contributed by atoms with Gasteiger partial charge in [0.1, 0.15) is 12.4 Å². The van der Waals surface area contributed by atoms with Crippen LogP contribution in [0.1, 0.15) is 39.5 Å². The van der Waals surface area contributed by atoms with Crippen LogP contribution in [0.15, 0.2) is 53.9 Å². The van der Waals surface area contributed by atoms with Gasteiger partial charge in [0.15, 0.2) is 0 Å². The van der Waals surface area contributed by atoms with Gasteiger partial charge in [-0.15, -0.1) is 11.3 Å². The molecule has 2 heterocycles. The van der Waals surface area contributed by atoms with Crippen LogP contribution in [0.4, 0.5) is 5.69 Å². The molecule has 1 unspecified atom stereocenters. The fourth-order valence-corrected chi connectivity index (χ4v) is 4.48. The van der Waals surface area contributed by atoms with Crippen molar-refractivity contribution in [3.8, 4) is 5.75 Å². The lowest BCUT2D eigenvalue weighted by atomic mass is 10.1. The number of hydrogen-bond donors (Lipinski definition) is 2. The average Bonchev–Trinajstić information content (AvgIpc) is 3.41. The van der Waals surface area contributed by atoms with E-state index in [-0.39, 0.29) is 17.9 Å². The number of benzene rings is 2. The van der Waals surface area contributed by atoms with Gasteiger partial charge in [-0.2, -0.15) is 0 Å². The normalized spacial score (nSPS) is 16.1. The van der Waals surface area contributed by atoms with Crippen LogP contribution >= 0.6 is 11.3 Å². The fourth-order valence-electron chi connectivity index (χ4n) is 3.88. The third-order valence-electron chi connectivity index (χ3n) is 5.41. The summed E-state index contributed by atoms with van der Waals surface area (Å²) in [4.78, 5) is 30.9. The van der Waals surface area contributed by atoms with Crippen molar-refractivity contribution < 1.29 is 14.3 Å². The highest BCUT2D eigenvalue weighted by Crippen LogP contribution is 2.22. The van der Waals surface area contributed by atoms with E-state index in [4.69, 9.17) is 10.5 Å². The van der Waals surface area contributed by atoms with Gasteiger partial charge in [0, 0.05) is 23.2 Å². The molecule has 166 valence electrons. The standard InChI is InChI=1S/C24H26N4O3S/c1-16-26-20(15-32-16)14-31-21-8-3-6-18(12-21)24(30)27-19-7-2-5-17(11-19)13-28-10-4-9-22(28)23(25)29/h2-3,5-8,11-12,15,22H,4,9-10,13-14H2,1H3,(H2,25,29)(H,27,30). The van der Waals surface area contributed by atoms with Crippen molar-refractivity contribution in [3.05, 3.63) is 75.7 Å². The van der Waals surface area contributed by atoms with E-state index in [1.165, 1.54) is 0 Å². The number of hydrogen-bond acceptors (Lipinski definition) is 6. The zero-order chi connectivity index (χ0) is 22.5. The molecule has 3 aromatic rings. The molecular formula is C24H26N4O3S. The van der Waals surface area contributed by atoms with Crippen molar-refractivity contribution in [3.63, 3.8) is 0 Å². The first-order chi connectivity index (χ1) is 15.5. The molecule has 1 fully saturated rings. The number of anilines is 1. The van der Waals surface area contributed by atoms with Crippen LogP contribution in [-0.2, 0) is 17.9 Å². The number of nitrogens with zero attached hydrogens (tertiary/aromatic N) is 2. The Kier molecular flexibility index (Phi) is 6.82. The molecule has 1 aliphatic rings. The third-order valence-corrected chi connectivity index (χ3v) is 6.23. The second kappa shape index (κ2) is 9.93. The number of aryl methyl sites for hydroxylation is 1. The van der Waals surface area contributed by atoms with E-state index in [0.717, 1.165) is 35.7 Å². The highest BCUT2D eigenvalue weighted by Gasteiger charge is 2.28. The summed E-state index contributed by atoms with van der Waals surface area (Å²) in [6.07, 6.45) is 1.76. The molecule has 2 amide bonds. The number of amides is 2. The third kappa shape index (κ3) is 5.52. The number of thiazole rings is 1. The van der Waals surface area contributed by atoms with Crippen LogP contribution in [0.5, 0.6) is 5.75 Å². The lowest BCUT2D eigenvalue weighted by molar-refractivity contribution is -0.122. The van der Waals surface area contributed by atoms with Gasteiger partial charge < -0.3 is 15.8 Å². The van der Waals surface area contributed by atoms with Crippen LogP contribution < -0.4 is 15.8 Å². The summed E-state index contributed by atoms with van der Waals surface area (Å²) >= 11 is 1.58. The Morgan fingerprint density at radius 1 is 1.25 bits per heavy atom. The van der Waals surface area contributed by atoms with E-state index >= 15 is 0 Å². The van der Waals surface area contributed by atoms with Gasteiger partial charge >= 0.3 is 0 Å². The highest BCUT2D eigenvalue weighted by atomic mass is 32.1. The minimum Gasteiger partial charge on any atom is -0.487 e. The molecule has 8 heteroatoms. The Labute approximate surface area is 191 Å². The van der Waals surface area contributed by atoms with Crippen molar-refractivity contribution in [2.24, 2.45) is 5.73 Å². The Morgan fingerprint density at radius 2 is 2.09 bits per heavy atom. The Morgan fingerprint density at radius 3 is 2.88 bits per heavy atom. The number of nitrogens with two attached hydrogens (primary N) is 1. The lowest BCUT2D eigenvalue weighted by Gasteiger charge is -2.22. The molecule has 2 aromatic carbocycles. The zero-order valence-corrected chi connectivity index (χ0v) is 18.7. The number of likely N-dealkylation sites (tertiary alicyclic amines) is 1. The first kappa shape index (κ1) is 22.0. The molecular weight excluding hydrogens is 424 g/mol. The summed E-state index contributed by atoms with van der Waals surface area (Å²) in [5.74, 6) is 0.121. The van der Waals surface area contributed by atoms with Crippen LogP contribution in [0, 0.1) is 6.92 Å². The van der Waals surface area contributed by atoms with E-state index in [1.807, 2.05) is 42.6 Å². The van der Waals surface area contributed by atoms with Gasteiger partial charge in [-0.05, 0) is 62.2 Å². The second-order valence-corrected chi connectivity index (χ2v) is 8.92. The molecule has 4 rings (SSSR count). The predicted octanol–water partition coefficient (Wildman–Crippen LogP) is 3.73. The summed E-state index contributed by atoms with van der Waals surface area (Å²) in [7, 11) is 0. The van der Waals surface area contributed by atoms with Gasteiger partial charge in [0.25, 0.3) is 5.91 Å². The van der Waals surface area contributed by atoms with Crippen molar-refractivity contribution in [2.45, 2.75) is 39.0 Å². The number of carbonyl (C=O) groups is 2. The Bertz CT molecular complexity index is 1110. The molecule has 1 saturated heterocycles. The second-order valence-electron chi connectivity index (χ2n) is 7.86. The van der Waals surface area contributed by atoms with Gasteiger partial charge in [-0.3, -0.25) is 14.5 Å². The van der Waals surface area contributed by atoms with Crippen LogP contribution in [0.3, 0.4) is 0 Å². The largest absolute Gasteiger partial charge is 0.487 e. The maximum atomic E-state index is 12.8. The minimum absolute atomic E-state index is 0.215. The first-order valence-electron chi connectivity index (χ1n) is 10.6. The summed E-state index contributed by atoms with van der Waals surface area (Å²) in [5.41, 5.74) is 8.62. The lowest BCUT2D eigenvalue weighted by Crippen LogP contribution is -2.39. The topological polar surface area (TPSA) is 97.6 Å². The van der Waals surface area contributed by atoms with Gasteiger partial charge in [-0.1, -0.05) is 18.2 Å². The van der Waals surface area contributed by atoms with E-state index < -0.39 is 0 Å². The van der Waals surface area contributed by atoms with Crippen LogP contribution in [0.2, 0.25) is 0 Å². The van der Waals surface area contributed by atoms with Gasteiger partial charge in [0.2, 0.25) is 5.91 Å². The Hall–Kier alpha value is -3.23. The molecule has 1 aliphatic heterocycles. The molecule has 1 aromatic heterocycles. The maximum absolute atomic E-state index is 12.8. The predicted molar refractivity (Wildman–Crippen MR) is 125 cm³/mol. The van der Waals surface area contributed by atoms with E-state index in [9.17, 15) is 9.59 Å². The molecule has 0 aliphatic carbocycles. The molecule has 1 atom stereocenters. The van der Waals surface area contributed by atoms with Crippen molar-refractivity contribution in [2.75, 3.05) is 11.9 Å². The minimum atomic E-state index is -0.279. The quantitative estimate of drug-likeness (QED) is 0.545. The van der Waals surface area contributed by atoms with Crippen molar-refractivity contribution in [1.29, 1.82) is 0 Å². The highest BCUT2D eigenvalue weighted by molar-refractivity contribution is 7.09. The van der Waals surface area contributed by atoms with Crippen LogP contribution in [-0.4, -0.2) is 34.3 Å². The summed E-state index contributed by atoms with van der Waals surface area (Å²) < 4.78 is 5.79. The molecule has 3 N–H and O–H groups in total. The monoisotopic (exact) mass is 450 g/mol. The number of aromatic nitrogens is 1. The summed E-state index contributed by atoms with van der Waals surface area (Å²) in [6.45, 7) is 3.78. The smallest absolute Gasteiger partial charge is 0.255 e. The summed E-state index contributed by atoms with van der Waals surface area (Å²) in [5, 5.41) is 5.91. The fraction of sp³-hybridized carbons (Fsp3) is 0.292. The molecule has 7 nitrogen and oxygen atoms in total. The van der Waals surface area contributed by atoms with Gasteiger partial charge in [-0.25, -0.2) is 4.98 Å². The van der Waals surface area contributed by atoms with E-state index in [0.29, 0.717) is 30.2 Å². The first-order valence-corrected chi connectivity index (χ1v) is 11.4. The average molecular weight is 451 g/mol. The molecule has 0 radical (unpaired) electrons. The number of rotatable bonds is 8. The maximum Gasteiger partial charge on any atom is 0.255 e. The molecule has 0 spiro atoms. The van der Waals surface area contributed by atoms with E-state index in [1.54, 1.807) is 29.5 Å². The van der Waals surface area contributed by atoms with E-state index in [2.05, 4.69) is 15.2 Å². The number of ether oxygens (including phenoxy) is 1. The SMILES string of the molecule is Cc1nc(COc2cccc(C(=O)Nc3cccc(CN4CCCC4C(N)=O)c3)c2)cs1. The molecule has 32 heavy (non-hydrogen) atoms. The Balaban J connectivity index is 1.38. The number of carbonyl (C=O) groups excluding carboxylic acids is 2. The van der Waals surface area contributed by atoms with Crippen LogP contribution in [0.25, 0.3) is 0 Å². The zero-order valence-electron chi connectivity index (χ0n) is 17.9. The number of nitrogens with one attached hydrogen (secondary N) is 1. The van der Waals surface area contributed by atoms with Crippen molar-refractivity contribution >= 4 is 28.8 Å². The molecule has 0 bridgehead atoms.